The third kappa shape index (κ3) is 6.05. The fourth-order valence-electron chi connectivity index (χ4n) is 3.44. The third-order valence-electron chi connectivity index (χ3n) is 5.06. The molecular weight excluding hydrogens is 385 g/mol. The second-order valence-corrected chi connectivity index (χ2v) is 7.33. The lowest BCUT2D eigenvalue weighted by Crippen LogP contribution is -2.25. The van der Waals surface area contributed by atoms with Crippen molar-refractivity contribution in [3.8, 4) is 11.8 Å². The van der Waals surface area contributed by atoms with E-state index in [2.05, 4.69) is 16.7 Å². The molecule has 7 heteroatoms. The SMILES string of the molecule is N#CCc1ccc(OCC(=O)Nc2ccc(F)c(NC(=O)C3CCCCC3)c2)cc1. The average molecular weight is 409 g/mol. The summed E-state index contributed by atoms with van der Waals surface area (Å²) in [5, 5.41) is 14.0. The van der Waals surface area contributed by atoms with Gasteiger partial charge in [0.1, 0.15) is 11.6 Å². The van der Waals surface area contributed by atoms with E-state index in [0.29, 0.717) is 17.9 Å². The molecule has 0 bridgehead atoms. The summed E-state index contributed by atoms with van der Waals surface area (Å²) in [5.74, 6) is -0.728. The van der Waals surface area contributed by atoms with Crippen molar-refractivity contribution in [2.75, 3.05) is 17.2 Å². The van der Waals surface area contributed by atoms with Crippen molar-refractivity contribution in [3.05, 3.63) is 53.8 Å². The van der Waals surface area contributed by atoms with E-state index in [4.69, 9.17) is 10.00 Å². The summed E-state index contributed by atoms with van der Waals surface area (Å²) < 4.78 is 19.6. The predicted molar refractivity (Wildman–Crippen MR) is 111 cm³/mol. The number of hydrogen-bond donors (Lipinski definition) is 2. The molecule has 0 radical (unpaired) electrons. The van der Waals surface area contributed by atoms with Crippen LogP contribution in [0.2, 0.25) is 0 Å². The van der Waals surface area contributed by atoms with Gasteiger partial charge in [-0.25, -0.2) is 4.39 Å². The van der Waals surface area contributed by atoms with E-state index in [9.17, 15) is 14.0 Å². The van der Waals surface area contributed by atoms with Crippen LogP contribution in [0.3, 0.4) is 0 Å². The van der Waals surface area contributed by atoms with Crippen LogP contribution in [0.5, 0.6) is 5.75 Å². The molecule has 2 aromatic carbocycles. The minimum atomic E-state index is -0.550. The maximum atomic E-state index is 14.1. The first-order chi connectivity index (χ1) is 14.5. The van der Waals surface area contributed by atoms with Gasteiger partial charge < -0.3 is 15.4 Å². The largest absolute Gasteiger partial charge is 0.484 e. The molecule has 0 aromatic heterocycles. The van der Waals surface area contributed by atoms with Crippen LogP contribution in [-0.4, -0.2) is 18.4 Å². The van der Waals surface area contributed by atoms with Crippen molar-refractivity contribution in [3.63, 3.8) is 0 Å². The lowest BCUT2D eigenvalue weighted by atomic mass is 9.88. The maximum absolute atomic E-state index is 14.1. The molecular formula is C23H24FN3O3. The van der Waals surface area contributed by atoms with Crippen molar-refractivity contribution in [2.24, 2.45) is 5.92 Å². The van der Waals surface area contributed by atoms with E-state index in [1.807, 2.05) is 0 Å². The fraction of sp³-hybridized carbons (Fsp3) is 0.348. The number of benzene rings is 2. The van der Waals surface area contributed by atoms with Crippen molar-refractivity contribution >= 4 is 23.2 Å². The van der Waals surface area contributed by atoms with Gasteiger partial charge in [0.25, 0.3) is 5.91 Å². The highest BCUT2D eigenvalue weighted by molar-refractivity contribution is 5.95. The van der Waals surface area contributed by atoms with Crippen LogP contribution in [-0.2, 0) is 16.0 Å². The maximum Gasteiger partial charge on any atom is 0.262 e. The molecule has 6 nitrogen and oxygen atoms in total. The smallest absolute Gasteiger partial charge is 0.262 e. The van der Waals surface area contributed by atoms with Gasteiger partial charge >= 0.3 is 0 Å². The Morgan fingerprint density at radius 2 is 1.80 bits per heavy atom. The van der Waals surface area contributed by atoms with Gasteiger partial charge in [-0.2, -0.15) is 5.26 Å². The Hall–Kier alpha value is -3.40. The molecule has 1 fully saturated rings. The molecule has 1 saturated carbocycles. The number of carbonyl (C=O) groups excluding carboxylic acids is 2. The number of rotatable bonds is 7. The molecule has 0 aliphatic heterocycles. The lowest BCUT2D eigenvalue weighted by molar-refractivity contribution is -0.120. The summed E-state index contributed by atoms with van der Waals surface area (Å²) in [5.41, 5.74) is 1.29. The van der Waals surface area contributed by atoms with Gasteiger partial charge in [0.15, 0.2) is 6.61 Å². The van der Waals surface area contributed by atoms with E-state index in [-0.39, 0.29) is 24.1 Å². The summed E-state index contributed by atoms with van der Waals surface area (Å²) in [6.45, 7) is -0.223. The first kappa shape index (κ1) is 21.3. The molecule has 0 atom stereocenters. The van der Waals surface area contributed by atoms with Crippen LogP contribution in [0.15, 0.2) is 42.5 Å². The van der Waals surface area contributed by atoms with Crippen molar-refractivity contribution in [1.29, 1.82) is 5.26 Å². The average Bonchev–Trinajstić information content (AvgIpc) is 2.76. The number of carbonyl (C=O) groups is 2. The van der Waals surface area contributed by atoms with Crippen LogP contribution < -0.4 is 15.4 Å². The lowest BCUT2D eigenvalue weighted by Gasteiger charge is -2.21. The molecule has 0 heterocycles. The Balaban J connectivity index is 1.54. The van der Waals surface area contributed by atoms with Crippen LogP contribution in [0.25, 0.3) is 0 Å². The third-order valence-corrected chi connectivity index (χ3v) is 5.06. The summed E-state index contributed by atoms with van der Waals surface area (Å²) >= 11 is 0. The number of anilines is 2. The zero-order valence-corrected chi connectivity index (χ0v) is 16.6. The first-order valence-corrected chi connectivity index (χ1v) is 10.0. The van der Waals surface area contributed by atoms with E-state index in [1.165, 1.54) is 18.2 Å². The van der Waals surface area contributed by atoms with Crippen LogP contribution in [0.4, 0.5) is 15.8 Å². The normalized spacial score (nSPS) is 13.9. The Kier molecular flexibility index (Phi) is 7.39. The molecule has 0 spiro atoms. The topological polar surface area (TPSA) is 91.2 Å². The summed E-state index contributed by atoms with van der Waals surface area (Å²) in [4.78, 5) is 24.5. The van der Waals surface area contributed by atoms with Gasteiger partial charge in [-0.1, -0.05) is 31.4 Å². The van der Waals surface area contributed by atoms with Crippen molar-refractivity contribution in [2.45, 2.75) is 38.5 Å². The van der Waals surface area contributed by atoms with E-state index >= 15 is 0 Å². The second kappa shape index (κ2) is 10.4. The second-order valence-electron chi connectivity index (χ2n) is 7.33. The van der Waals surface area contributed by atoms with Crippen molar-refractivity contribution < 1.29 is 18.7 Å². The highest BCUT2D eigenvalue weighted by Crippen LogP contribution is 2.26. The quantitative estimate of drug-likeness (QED) is 0.708. The van der Waals surface area contributed by atoms with Crippen LogP contribution >= 0.6 is 0 Å². The molecule has 3 rings (SSSR count). The number of halogens is 1. The van der Waals surface area contributed by atoms with Gasteiger partial charge in [-0.15, -0.1) is 0 Å². The highest BCUT2D eigenvalue weighted by atomic mass is 19.1. The van der Waals surface area contributed by atoms with Crippen LogP contribution in [0.1, 0.15) is 37.7 Å². The molecule has 156 valence electrons. The van der Waals surface area contributed by atoms with E-state index in [0.717, 1.165) is 37.7 Å². The highest BCUT2D eigenvalue weighted by Gasteiger charge is 2.22. The molecule has 0 saturated heterocycles. The summed E-state index contributed by atoms with van der Waals surface area (Å²) in [7, 11) is 0. The number of nitrogens with one attached hydrogen (secondary N) is 2. The molecule has 1 aliphatic rings. The zero-order chi connectivity index (χ0) is 21.3. The van der Waals surface area contributed by atoms with Gasteiger partial charge in [0.2, 0.25) is 5.91 Å². The number of nitrogens with zero attached hydrogens (tertiary/aromatic N) is 1. The molecule has 0 unspecified atom stereocenters. The Bertz CT molecular complexity index is 932. The van der Waals surface area contributed by atoms with Gasteiger partial charge in [0, 0.05) is 11.6 Å². The molecule has 2 aromatic rings. The van der Waals surface area contributed by atoms with Crippen molar-refractivity contribution in [1.82, 2.24) is 0 Å². The Morgan fingerprint density at radius 1 is 1.07 bits per heavy atom. The minimum Gasteiger partial charge on any atom is -0.484 e. The molecule has 1 aliphatic carbocycles. The molecule has 2 amide bonds. The Labute approximate surface area is 175 Å². The van der Waals surface area contributed by atoms with Gasteiger partial charge in [0.05, 0.1) is 18.2 Å². The fourth-order valence-corrected chi connectivity index (χ4v) is 3.44. The van der Waals surface area contributed by atoms with Crippen LogP contribution in [0, 0.1) is 23.1 Å². The van der Waals surface area contributed by atoms with Gasteiger partial charge in [-0.3, -0.25) is 9.59 Å². The minimum absolute atomic E-state index is 0.0531. The number of amides is 2. The molecule has 30 heavy (non-hydrogen) atoms. The van der Waals surface area contributed by atoms with E-state index in [1.54, 1.807) is 24.3 Å². The Morgan fingerprint density at radius 3 is 2.50 bits per heavy atom. The number of hydrogen-bond acceptors (Lipinski definition) is 4. The van der Waals surface area contributed by atoms with Gasteiger partial charge in [-0.05, 0) is 48.7 Å². The summed E-state index contributed by atoms with van der Waals surface area (Å²) in [6, 6.07) is 13.0. The predicted octanol–water partition coefficient (Wildman–Crippen LogP) is 4.43. The first-order valence-electron chi connectivity index (χ1n) is 10.0. The number of ether oxygens (including phenoxy) is 1. The van der Waals surface area contributed by atoms with E-state index < -0.39 is 11.7 Å². The summed E-state index contributed by atoms with van der Waals surface area (Å²) in [6.07, 6.45) is 5.10. The monoisotopic (exact) mass is 409 g/mol. The number of nitriles is 1. The zero-order valence-electron chi connectivity index (χ0n) is 16.6. The molecule has 2 N–H and O–H groups in total. The standard InChI is InChI=1S/C23H24FN3O3/c24-20-11-8-18(14-21(20)27-23(29)17-4-2-1-3-5-17)26-22(28)15-30-19-9-6-16(7-10-19)12-13-25/h6-11,14,17H,1-5,12,15H2,(H,26,28)(H,27,29).